The maximum atomic E-state index is 12.8. The lowest BCUT2D eigenvalue weighted by Crippen LogP contribution is -2.45. The average molecular weight is 457 g/mol. The first kappa shape index (κ1) is 23.1. The van der Waals surface area contributed by atoms with Gasteiger partial charge < -0.3 is 19.7 Å². The summed E-state index contributed by atoms with van der Waals surface area (Å²) in [7, 11) is 0. The zero-order valence-corrected chi connectivity index (χ0v) is 19.4. The summed E-state index contributed by atoms with van der Waals surface area (Å²) in [6.07, 6.45) is 3.34. The number of amides is 2. The van der Waals surface area contributed by atoms with Crippen molar-refractivity contribution in [3.8, 4) is 11.5 Å². The quantitative estimate of drug-likeness (QED) is 0.372. The van der Waals surface area contributed by atoms with Gasteiger partial charge in [0.2, 0.25) is 5.91 Å². The van der Waals surface area contributed by atoms with Crippen LogP contribution < -0.4 is 19.7 Å². The van der Waals surface area contributed by atoms with Crippen molar-refractivity contribution in [3.63, 3.8) is 0 Å². The van der Waals surface area contributed by atoms with Crippen LogP contribution in [0.4, 0.5) is 11.4 Å². The van der Waals surface area contributed by atoms with Crippen LogP contribution in [0.1, 0.15) is 24.5 Å². The maximum Gasteiger partial charge on any atom is 0.267 e. The Labute approximate surface area is 199 Å². The van der Waals surface area contributed by atoms with E-state index in [-0.39, 0.29) is 11.8 Å². The second kappa shape index (κ2) is 10.7. The zero-order chi connectivity index (χ0) is 23.9. The van der Waals surface area contributed by atoms with Gasteiger partial charge in [-0.1, -0.05) is 48.0 Å². The Morgan fingerprint density at radius 3 is 2.62 bits per heavy atom. The highest BCUT2D eigenvalue weighted by atomic mass is 16.5. The van der Waals surface area contributed by atoms with E-state index in [4.69, 9.17) is 9.47 Å². The Morgan fingerprint density at radius 1 is 1.09 bits per heavy atom. The number of rotatable bonds is 8. The topological polar surface area (TPSA) is 67.9 Å². The minimum Gasteiger partial charge on any atom is -0.494 e. The van der Waals surface area contributed by atoms with Crippen molar-refractivity contribution >= 4 is 29.3 Å². The molecule has 3 aromatic carbocycles. The molecule has 4 rings (SSSR count). The Kier molecular flexibility index (Phi) is 7.28. The molecule has 0 saturated heterocycles. The molecule has 1 aliphatic rings. The van der Waals surface area contributed by atoms with Crippen LogP contribution in [0.5, 0.6) is 11.5 Å². The van der Waals surface area contributed by atoms with Crippen molar-refractivity contribution in [2.75, 3.05) is 23.4 Å². The fourth-order valence-corrected chi connectivity index (χ4v) is 3.68. The van der Waals surface area contributed by atoms with Gasteiger partial charge in [0.1, 0.15) is 11.5 Å². The molecule has 1 N–H and O–H groups in total. The van der Waals surface area contributed by atoms with Crippen LogP contribution in [0.3, 0.4) is 0 Å². The minimum atomic E-state index is -0.569. The largest absolute Gasteiger partial charge is 0.494 e. The summed E-state index contributed by atoms with van der Waals surface area (Å²) in [6.45, 7) is 4.73. The van der Waals surface area contributed by atoms with Gasteiger partial charge in [0, 0.05) is 18.3 Å². The fourth-order valence-electron chi connectivity index (χ4n) is 3.68. The third-order valence-electron chi connectivity index (χ3n) is 5.48. The maximum absolute atomic E-state index is 12.8. The number of aryl methyl sites for hydroxylation is 1. The van der Waals surface area contributed by atoms with Crippen LogP contribution in [0, 0.1) is 6.92 Å². The van der Waals surface area contributed by atoms with E-state index in [2.05, 4.69) is 5.32 Å². The molecule has 0 saturated carbocycles. The number of carbonyl (C=O) groups excluding carboxylic acids is 2. The molecule has 1 aliphatic heterocycles. The van der Waals surface area contributed by atoms with Gasteiger partial charge in [-0.2, -0.15) is 0 Å². The van der Waals surface area contributed by atoms with Gasteiger partial charge in [-0.3, -0.25) is 9.59 Å². The summed E-state index contributed by atoms with van der Waals surface area (Å²) in [5, 5.41) is 2.87. The van der Waals surface area contributed by atoms with Gasteiger partial charge in [-0.25, -0.2) is 0 Å². The molecule has 2 amide bonds. The van der Waals surface area contributed by atoms with E-state index in [0.717, 1.165) is 16.9 Å². The van der Waals surface area contributed by atoms with Crippen LogP contribution in [0.2, 0.25) is 0 Å². The molecule has 174 valence electrons. The fraction of sp³-hybridized carbons (Fsp3) is 0.214. The smallest absolute Gasteiger partial charge is 0.267 e. The first-order chi connectivity index (χ1) is 16.5. The minimum absolute atomic E-state index is 0.116. The molecule has 1 unspecified atom stereocenters. The van der Waals surface area contributed by atoms with Crippen molar-refractivity contribution in [2.45, 2.75) is 26.4 Å². The van der Waals surface area contributed by atoms with Gasteiger partial charge in [-0.15, -0.1) is 0 Å². The Hall–Kier alpha value is -4.06. The average Bonchev–Trinajstić information content (AvgIpc) is 2.84. The highest BCUT2D eigenvalue weighted by molar-refractivity contribution is 6.04. The molecule has 0 aliphatic carbocycles. The van der Waals surface area contributed by atoms with Crippen molar-refractivity contribution < 1.29 is 19.1 Å². The number of ether oxygens (including phenoxy) is 2. The number of fused-ring (bicyclic) bond motifs is 1. The molecule has 1 atom stereocenters. The monoisotopic (exact) mass is 456 g/mol. The second-order valence-electron chi connectivity index (χ2n) is 8.18. The predicted molar refractivity (Wildman–Crippen MR) is 134 cm³/mol. The number of carbonyl (C=O) groups is 2. The molecule has 0 bridgehead atoms. The lowest BCUT2D eigenvalue weighted by molar-refractivity contribution is -0.125. The molecule has 3 aromatic rings. The van der Waals surface area contributed by atoms with Gasteiger partial charge in [-0.05, 0) is 62.2 Å². The predicted octanol–water partition coefficient (Wildman–Crippen LogP) is 5.23. The van der Waals surface area contributed by atoms with E-state index < -0.39 is 6.10 Å². The summed E-state index contributed by atoms with van der Waals surface area (Å²) < 4.78 is 11.5. The highest BCUT2D eigenvalue weighted by Crippen LogP contribution is 2.36. The number of para-hydroxylation sites is 1. The van der Waals surface area contributed by atoms with Crippen molar-refractivity contribution in [1.29, 1.82) is 0 Å². The SMILES string of the molecule is Cc1ccc(/C=C/C(=O)Nc2ccc3c(c2)N(CCCOc2ccccc2)C(=O)C(C)O3)cc1. The summed E-state index contributed by atoms with van der Waals surface area (Å²) in [5.74, 6) is 1.05. The number of nitrogens with one attached hydrogen (secondary N) is 1. The molecular weight excluding hydrogens is 428 g/mol. The van der Waals surface area contributed by atoms with Crippen LogP contribution in [0.25, 0.3) is 6.08 Å². The van der Waals surface area contributed by atoms with Crippen molar-refractivity contribution in [1.82, 2.24) is 0 Å². The van der Waals surface area contributed by atoms with Gasteiger partial charge in [0.15, 0.2) is 6.10 Å². The normalized spacial score (nSPS) is 15.1. The van der Waals surface area contributed by atoms with Gasteiger partial charge in [0.25, 0.3) is 5.91 Å². The number of hydrogen-bond donors (Lipinski definition) is 1. The molecule has 1 heterocycles. The van der Waals surface area contributed by atoms with Crippen LogP contribution in [-0.4, -0.2) is 31.1 Å². The van der Waals surface area contributed by atoms with Crippen molar-refractivity contribution in [2.24, 2.45) is 0 Å². The summed E-state index contributed by atoms with van der Waals surface area (Å²) in [4.78, 5) is 27.0. The van der Waals surface area contributed by atoms with Crippen LogP contribution >= 0.6 is 0 Å². The molecule has 34 heavy (non-hydrogen) atoms. The number of hydrogen-bond acceptors (Lipinski definition) is 4. The Morgan fingerprint density at radius 2 is 1.85 bits per heavy atom. The van der Waals surface area contributed by atoms with E-state index in [1.54, 1.807) is 36.1 Å². The van der Waals surface area contributed by atoms with E-state index in [1.807, 2.05) is 61.5 Å². The molecule has 0 radical (unpaired) electrons. The molecule has 6 nitrogen and oxygen atoms in total. The Bertz CT molecular complexity index is 1170. The Balaban J connectivity index is 1.41. The van der Waals surface area contributed by atoms with Gasteiger partial charge >= 0.3 is 0 Å². The summed E-state index contributed by atoms with van der Waals surface area (Å²) in [5.41, 5.74) is 3.35. The first-order valence-electron chi connectivity index (χ1n) is 11.4. The van der Waals surface area contributed by atoms with E-state index in [0.29, 0.717) is 36.7 Å². The lowest BCUT2D eigenvalue weighted by atomic mass is 10.1. The summed E-state index contributed by atoms with van der Waals surface area (Å²) >= 11 is 0. The molecule has 0 aromatic heterocycles. The molecule has 0 fully saturated rings. The van der Waals surface area contributed by atoms with Crippen LogP contribution in [-0.2, 0) is 9.59 Å². The molecular formula is C28H28N2O4. The highest BCUT2D eigenvalue weighted by Gasteiger charge is 2.31. The zero-order valence-electron chi connectivity index (χ0n) is 19.4. The van der Waals surface area contributed by atoms with E-state index >= 15 is 0 Å². The summed E-state index contributed by atoms with van der Waals surface area (Å²) in [6, 6.07) is 22.8. The lowest BCUT2D eigenvalue weighted by Gasteiger charge is -2.33. The molecule has 0 spiro atoms. The third kappa shape index (κ3) is 5.84. The van der Waals surface area contributed by atoms with E-state index in [1.165, 1.54) is 6.08 Å². The second-order valence-corrected chi connectivity index (χ2v) is 8.18. The van der Waals surface area contributed by atoms with Crippen LogP contribution in [0.15, 0.2) is 78.9 Å². The van der Waals surface area contributed by atoms with Crippen molar-refractivity contribution in [3.05, 3.63) is 90.0 Å². The van der Waals surface area contributed by atoms with E-state index in [9.17, 15) is 9.59 Å². The number of benzene rings is 3. The first-order valence-corrected chi connectivity index (χ1v) is 11.4. The number of nitrogens with zero attached hydrogens (tertiary/aromatic N) is 1. The number of anilines is 2. The van der Waals surface area contributed by atoms with Gasteiger partial charge in [0.05, 0.1) is 12.3 Å². The molecule has 6 heteroatoms. The third-order valence-corrected chi connectivity index (χ3v) is 5.48. The standard InChI is InChI=1S/C28H28N2O4/c1-20-9-11-22(12-10-20)13-16-27(31)29-23-14-15-26-25(19-23)30(28(32)21(2)34-26)17-6-18-33-24-7-4-3-5-8-24/h3-5,7-16,19,21H,6,17-18H2,1-2H3,(H,29,31)/b16-13+.